The zero-order valence-electron chi connectivity index (χ0n) is 16.1. The number of rotatable bonds is 6. The van der Waals surface area contributed by atoms with Gasteiger partial charge in [0, 0.05) is 44.7 Å². The summed E-state index contributed by atoms with van der Waals surface area (Å²) in [5, 5.41) is 2.94. The van der Waals surface area contributed by atoms with Crippen molar-refractivity contribution in [3.05, 3.63) is 29.8 Å². The molecule has 3 amide bonds. The summed E-state index contributed by atoms with van der Waals surface area (Å²) in [7, 11) is 0. The number of aryl methyl sites for hydroxylation is 1. The summed E-state index contributed by atoms with van der Waals surface area (Å²) in [5.74, 6) is -0.151. The maximum Gasteiger partial charge on any atom is 0.227 e. The number of carbonyl (C=O) groups is 3. The number of amides is 3. The van der Waals surface area contributed by atoms with Gasteiger partial charge in [-0.05, 0) is 38.3 Å². The maximum atomic E-state index is 12.4. The Labute approximate surface area is 160 Å². The van der Waals surface area contributed by atoms with Crippen molar-refractivity contribution in [1.29, 1.82) is 0 Å². The lowest BCUT2D eigenvalue weighted by atomic mass is 10.1. The van der Waals surface area contributed by atoms with Crippen molar-refractivity contribution in [1.82, 2.24) is 10.2 Å². The molecule has 1 atom stereocenters. The number of likely N-dealkylation sites (tertiary alicyclic amines) is 1. The summed E-state index contributed by atoms with van der Waals surface area (Å²) >= 11 is 0. The quantitative estimate of drug-likeness (QED) is 0.780. The second-order valence-corrected chi connectivity index (χ2v) is 7.58. The number of carbonyl (C=O) groups excluding carboxylic acids is 3. The Kier molecular flexibility index (Phi) is 6.48. The third-order valence-electron chi connectivity index (χ3n) is 5.42. The highest BCUT2D eigenvalue weighted by Crippen LogP contribution is 2.25. The molecule has 1 N–H and O–H groups in total. The Balaban J connectivity index is 1.42. The summed E-state index contributed by atoms with van der Waals surface area (Å²) in [6.45, 7) is 4.49. The van der Waals surface area contributed by atoms with Crippen molar-refractivity contribution in [2.24, 2.45) is 5.92 Å². The van der Waals surface area contributed by atoms with Crippen LogP contribution < -0.4 is 10.2 Å². The van der Waals surface area contributed by atoms with Crippen molar-refractivity contribution >= 4 is 23.4 Å². The average molecular weight is 371 g/mol. The number of hydrogen-bond donors (Lipinski definition) is 1. The molecule has 146 valence electrons. The monoisotopic (exact) mass is 371 g/mol. The Bertz CT molecular complexity index is 686. The SMILES string of the molecule is Cc1ccc(N2CC(C(=O)NCCCN3CCCCCC3=O)CC2=O)cc1. The second kappa shape index (κ2) is 9.02. The van der Waals surface area contributed by atoms with Gasteiger partial charge in [0.05, 0.1) is 5.92 Å². The van der Waals surface area contributed by atoms with Gasteiger partial charge >= 0.3 is 0 Å². The molecule has 2 aliphatic rings. The fraction of sp³-hybridized carbons (Fsp3) is 0.571. The molecule has 0 aliphatic carbocycles. The van der Waals surface area contributed by atoms with E-state index >= 15 is 0 Å². The normalized spacial score (nSPS) is 20.7. The van der Waals surface area contributed by atoms with Crippen LogP contribution in [-0.4, -0.2) is 48.8 Å². The first-order valence-corrected chi connectivity index (χ1v) is 9.97. The molecule has 1 aromatic rings. The molecule has 1 unspecified atom stereocenters. The van der Waals surface area contributed by atoms with E-state index < -0.39 is 0 Å². The number of nitrogens with zero attached hydrogens (tertiary/aromatic N) is 2. The van der Waals surface area contributed by atoms with Crippen LogP contribution in [0, 0.1) is 12.8 Å². The van der Waals surface area contributed by atoms with Gasteiger partial charge in [-0.1, -0.05) is 24.1 Å². The van der Waals surface area contributed by atoms with Crippen molar-refractivity contribution in [2.75, 3.05) is 31.1 Å². The molecule has 0 spiro atoms. The van der Waals surface area contributed by atoms with Gasteiger partial charge in [0.1, 0.15) is 0 Å². The molecule has 2 fully saturated rings. The third-order valence-corrected chi connectivity index (χ3v) is 5.42. The van der Waals surface area contributed by atoms with E-state index in [1.807, 2.05) is 36.1 Å². The van der Waals surface area contributed by atoms with E-state index in [9.17, 15) is 14.4 Å². The zero-order valence-corrected chi connectivity index (χ0v) is 16.1. The van der Waals surface area contributed by atoms with Crippen LogP contribution in [0.1, 0.15) is 44.1 Å². The van der Waals surface area contributed by atoms with Crippen LogP contribution >= 0.6 is 0 Å². The van der Waals surface area contributed by atoms with Gasteiger partial charge in [0.25, 0.3) is 0 Å². The average Bonchev–Trinajstić information content (AvgIpc) is 2.93. The van der Waals surface area contributed by atoms with E-state index in [2.05, 4.69) is 5.32 Å². The molecule has 2 aliphatic heterocycles. The molecule has 2 heterocycles. The van der Waals surface area contributed by atoms with Crippen LogP contribution in [0.15, 0.2) is 24.3 Å². The molecule has 6 nitrogen and oxygen atoms in total. The minimum Gasteiger partial charge on any atom is -0.356 e. The number of anilines is 1. The minimum absolute atomic E-state index is 0.00540. The van der Waals surface area contributed by atoms with Crippen LogP contribution in [0.2, 0.25) is 0 Å². The van der Waals surface area contributed by atoms with Gasteiger partial charge in [0.2, 0.25) is 17.7 Å². The molecular weight excluding hydrogens is 342 g/mol. The van der Waals surface area contributed by atoms with E-state index in [0.29, 0.717) is 26.1 Å². The molecule has 0 radical (unpaired) electrons. The van der Waals surface area contributed by atoms with Gasteiger partial charge < -0.3 is 15.1 Å². The van der Waals surface area contributed by atoms with Gasteiger partial charge in [-0.2, -0.15) is 0 Å². The highest BCUT2D eigenvalue weighted by atomic mass is 16.2. The van der Waals surface area contributed by atoms with Gasteiger partial charge in [-0.15, -0.1) is 0 Å². The van der Waals surface area contributed by atoms with E-state index in [-0.39, 0.29) is 30.1 Å². The third kappa shape index (κ3) is 5.08. The van der Waals surface area contributed by atoms with E-state index in [4.69, 9.17) is 0 Å². The molecule has 0 aromatic heterocycles. The highest BCUT2D eigenvalue weighted by molar-refractivity contribution is 6.00. The molecule has 1 aromatic carbocycles. The Morgan fingerprint density at radius 3 is 2.67 bits per heavy atom. The first-order valence-electron chi connectivity index (χ1n) is 9.97. The van der Waals surface area contributed by atoms with Gasteiger partial charge in [0.15, 0.2) is 0 Å². The lowest BCUT2D eigenvalue weighted by Crippen LogP contribution is -2.36. The largest absolute Gasteiger partial charge is 0.356 e. The first-order chi connectivity index (χ1) is 13.0. The second-order valence-electron chi connectivity index (χ2n) is 7.58. The summed E-state index contributed by atoms with van der Waals surface area (Å²) in [5.41, 5.74) is 1.99. The highest BCUT2D eigenvalue weighted by Gasteiger charge is 2.34. The molecular formula is C21H29N3O3. The minimum atomic E-state index is -0.307. The fourth-order valence-electron chi connectivity index (χ4n) is 3.76. The lowest BCUT2D eigenvalue weighted by molar-refractivity contribution is -0.130. The Morgan fingerprint density at radius 1 is 1.11 bits per heavy atom. The number of nitrogens with one attached hydrogen (secondary N) is 1. The lowest BCUT2D eigenvalue weighted by Gasteiger charge is -2.20. The Hall–Kier alpha value is -2.37. The van der Waals surface area contributed by atoms with Crippen molar-refractivity contribution in [3.8, 4) is 0 Å². The van der Waals surface area contributed by atoms with E-state index in [1.54, 1.807) is 4.90 Å². The van der Waals surface area contributed by atoms with Gasteiger partial charge in [-0.3, -0.25) is 14.4 Å². The first kappa shape index (κ1) is 19.4. The summed E-state index contributed by atoms with van der Waals surface area (Å²) in [6.07, 6.45) is 4.82. The summed E-state index contributed by atoms with van der Waals surface area (Å²) < 4.78 is 0. The van der Waals surface area contributed by atoms with Crippen molar-refractivity contribution in [3.63, 3.8) is 0 Å². The summed E-state index contributed by atoms with van der Waals surface area (Å²) in [6, 6.07) is 7.79. The molecule has 3 rings (SSSR count). The van der Waals surface area contributed by atoms with Crippen molar-refractivity contribution < 1.29 is 14.4 Å². The van der Waals surface area contributed by atoms with E-state index in [1.165, 1.54) is 0 Å². The maximum absolute atomic E-state index is 12.4. The van der Waals surface area contributed by atoms with Crippen LogP contribution in [0.25, 0.3) is 0 Å². The van der Waals surface area contributed by atoms with Crippen LogP contribution in [0.4, 0.5) is 5.69 Å². The smallest absolute Gasteiger partial charge is 0.227 e. The molecule has 0 saturated carbocycles. The molecule has 27 heavy (non-hydrogen) atoms. The zero-order chi connectivity index (χ0) is 19.2. The predicted molar refractivity (Wildman–Crippen MR) is 104 cm³/mol. The van der Waals surface area contributed by atoms with Crippen LogP contribution in [0.3, 0.4) is 0 Å². The topological polar surface area (TPSA) is 69.7 Å². The standard InChI is InChI=1S/C21H29N3O3/c1-16-7-9-18(10-8-16)24-15-17(14-20(24)26)21(27)22-11-5-13-23-12-4-2-3-6-19(23)25/h7-10,17H,2-6,11-15H2,1H3,(H,22,27). The number of hydrogen-bond acceptors (Lipinski definition) is 3. The van der Waals surface area contributed by atoms with Crippen LogP contribution in [0.5, 0.6) is 0 Å². The van der Waals surface area contributed by atoms with Gasteiger partial charge in [-0.25, -0.2) is 0 Å². The van der Waals surface area contributed by atoms with E-state index in [0.717, 1.165) is 43.5 Å². The summed E-state index contributed by atoms with van der Waals surface area (Å²) in [4.78, 5) is 40.3. The fourth-order valence-corrected chi connectivity index (χ4v) is 3.76. The van der Waals surface area contributed by atoms with Crippen LogP contribution in [-0.2, 0) is 14.4 Å². The molecule has 2 saturated heterocycles. The Morgan fingerprint density at radius 2 is 1.89 bits per heavy atom. The number of benzene rings is 1. The van der Waals surface area contributed by atoms with Crippen molar-refractivity contribution in [2.45, 2.75) is 45.4 Å². The molecule has 6 heteroatoms. The predicted octanol–water partition coefficient (Wildman–Crippen LogP) is 2.26. The molecule has 0 bridgehead atoms.